The maximum Gasteiger partial charge on any atom is 0.263 e. The quantitative estimate of drug-likeness (QED) is 0.874. The molecule has 0 unspecified atom stereocenters. The average molecular weight is 368 g/mol. The minimum atomic E-state index is -3.62. The van der Waals surface area contributed by atoms with Crippen molar-refractivity contribution in [2.45, 2.75) is 17.7 Å². The number of pyridine rings is 1. The lowest BCUT2D eigenvalue weighted by atomic mass is 10.0. The topological polar surface area (TPSA) is 71.1 Å². The molecule has 21 heavy (non-hydrogen) atoms. The standard InChI is InChI=1S/C14H14BrN3O2S/c15-11-3-6-14(17-9-11)18-21(19,20)12-4-5-13-10(8-12)2-1-7-16-13/h3-6,8-9,16H,1-2,7H2,(H,17,18). The Morgan fingerprint density at radius 2 is 2.10 bits per heavy atom. The van der Waals surface area contributed by atoms with Crippen LogP contribution in [0.4, 0.5) is 11.5 Å². The van der Waals surface area contributed by atoms with Crippen molar-refractivity contribution < 1.29 is 8.42 Å². The summed E-state index contributed by atoms with van der Waals surface area (Å²) in [6.45, 7) is 0.931. The molecule has 0 saturated carbocycles. The first kappa shape index (κ1) is 14.3. The number of fused-ring (bicyclic) bond motifs is 1. The molecule has 0 spiro atoms. The van der Waals surface area contributed by atoms with E-state index in [4.69, 9.17) is 0 Å². The SMILES string of the molecule is O=S(=O)(Nc1ccc(Br)cn1)c1ccc2c(c1)CCCN2. The number of sulfonamides is 1. The molecule has 0 fully saturated rings. The molecular formula is C14H14BrN3O2S. The van der Waals surface area contributed by atoms with E-state index in [1.807, 2.05) is 6.07 Å². The molecule has 1 aromatic heterocycles. The van der Waals surface area contributed by atoms with Gasteiger partial charge >= 0.3 is 0 Å². The number of nitrogens with zero attached hydrogens (tertiary/aromatic N) is 1. The molecule has 0 bridgehead atoms. The highest BCUT2D eigenvalue weighted by Gasteiger charge is 2.18. The van der Waals surface area contributed by atoms with Crippen molar-refractivity contribution in [3.63, 3.8) is 0 Å². The Bertz CT molecular complexity index is 760. The summed E-state index contributed by atoms with van der Waals surface area (Å²) in [5.41, 5.74) is 2.05. The van der Waals surface area contributed by atoms with Crippen molar-refractivity contribution in [2.24, 2.45) is 0 Å². The van der Waals surface area contributed by atoms with Crippen molar-refractivity contribution in [1.29, 1.82) is 0 Å². The number of hydrogen-bond donors (Lipinski definition) is 2. The highest BCUT2D eigenvalue weighted by molar-refractivity contribution is 9.10. The summed E-state index contributed by atoms with van der Waals surface area (Å²) >= 11 is 3.26. The first-order chi connectivity index (χ1) is 10.0. The molecule has 3 rings (SSSR count). The van der Waals surface area contributed by atoms with Gasteiger partial charge in [0.25, 0.3) is 10.0 Å². The van der Waals surface area contributed by atoms with Crippen LogP contribution in [0.1, 0.15) is 12.0 Å². The predicted octanol–water partition coefficient (Wildman–Crippen LogP) is 3.00. The Hall–Kier alpha value is -1.60. The second-order valence-corrected chi connectivity index (χ2v) is 7.41. The summed E-state index contributed by atoms with van der Waals surface area (Å²) in [5, 5.41) is 3.26. The van der Waals surface area contributed by atoms with Crippen molar-refractivity contribution in [3.8, 4) is 0 Å². The molecule has 0 atom stereocenters. The maximum absolute atomic E-state index is 12.4. The van der Waals surface area contributed by atoms with Gasteiger partial charge in [0.1, 0.15) is 5.82 Å². The number of hydrogen-bond acceptors (Lipinski definition) is 4. The van der Waals surface area contributed by atoms with Crippen LogP contribution in [0.15, 0.2) is 45.9 Å². The minimum Gasteiger partial charge on any atom is -0.385 e. The zero-order valence-electron chi connectivity index (χ0n) is 11.1. The van der Waals surface area contributed by atoms with Gasteiger partial charge in [-0.15, -0.1) is 0 Å². The number of aryl methyl sites for hydroxylation is 1. The van der Waals surface area contributed by atoms with Crippen LogP contribution in [0.25, 0.3) is 0 Å². The van der Waals surface area contributed by atoms with E-state index < -0.39 is 10.0 Å². The summed E-state index contributed by atoms with van der Waals surface area (Å²) in [7, 11) is -3.62. The molecule has 5 nitrogen and oxygen atoms in total. The second-order valence-electron chi connectivity index (χ2n) is 4.82. The Labute approximate surface area is 132 Å². The van der Waals surface area contributed by atoms with Gasteiger partial charge in [-0.3, -0.25) is 4.72 Å². The second kappa shape index (κ2) is 5.65. The Kier molecular flexibility index (Phi) is 3.86. The molecule has 0 radical (unpaired) electrons. The lowest BCUT2D eigenvalue weighted by Gasteiger charge is -2.18. The fourth-order valence-electron chi connectivity index (χ4n) is 2.25. The zero-order valence-corrected chi connectivity index (χ0v) is 13.5. The number of nitrogens with one attached hydrogen (secondary N) is 2. The smallest absolute Gasteiger partial charge is 0.263 e. The normalized spacial score (nSPS) is 14.1. The molecule has 0 amide bonds. The summed E-state index contributed by atoms with van der Waals surface area (Å²) in [5.74, 6) is 0.300. The van der Waals surface area contributed by atoms with Crippen LogP contribution >= 0.6 is 15.9 Å². The predicted molar refractivity (Wildman–Crippen MR) is 86.0 cm³/mol. The molecule has 110 valence electrons. The van der Waals surface area contributed by atoms with Crippen molar-refractivity contribution in [1.82, 2.24) is 4.98 Å². The third-order valence-electron chi connectivity index (χ3n) is 3.29. The minimum absolute atomic E-state index is 0.259. The van der Waals surface area contributed by atoms with Crippen molar-refractivity contribution >= 4 is 37.5 Å². The highest BCUT2D eigenvalue weighted by atomic mass is 79.9. The Morgan fingerprint density at radius 3 is 2.86 bits per heavy atom. The van der Waals surface area contributed by atoms with E-state index in [0.29, 0.717) is 5.82 Å². The third kappa shape index (κ3) is 3.19. The lowest BCUT2D eigenvalue weighted by molar-refractivity contribution is 0.601. The first-order valence-corrected chi connectivity index (χ1v) is 8.83. The van der Waals surface area contributed by atoms with E-state index in [1.54, 1.807) is 30.5 Å². The van der Waals surface area contributed by atoms with Crippen LogP contribution in [0.5, 0.6) is 0 Å². The third-order valence-corrected chi connectivity index (χ3v) is 5.11. The monoisotopic (exact) mass is 367 g/mol. The highest BCUT2D eigenvalue weighted by Crippen LogP contribution is 2.25. The average Bonchev–Trinajstić information content (AvgIpc) is 2.49. The van der Waals surface area contributed by atoms with Gasteiger partial charge in [-0.1, -0.05) is 0 Å². The van der Waals surface area contributed by atoms with E-state index >= 15 is 0 Å². The largest absolute Gasteiger partial charge is 0.385 e. The molecule has 1 aliphatic rings. The van der Waals surface area contributed by atoms with E-state index in [1.165, 1.54) is 0 Å². The van der Waals surface area contributed by atoms with Crippen LogP contribution in [0.2, 0.25) is 0 Å². The summed E-state index contributed by atoms with van der Waals surface area (Å²) in [6.07, 6.45) is 3.45. The molecule has 2 aromatic rings. The number of rotatable bonds is 3. The van der Waals surface area contributed by atoms with E-state index in [0.717, 1.165) is 35.1 Å². The lowest BCUT2D eigenvalue weighted by Crippen LogP contribution is -2.16. The summed E-state index contributed by atoms with van der Waals surface area (Å²) in [4.78, 5) is 4.29. The van der Waals surface area contributed by atoms with Crippen LogP contribution in [-0.2, 0) is 16.4 Å². The van der Waals surface area contributed by atoms with Gasteiger partial charge in [-0.25, -0.2) is 13.4 Å². The van der Waals surface area contributed by atoms with Gasteiger partial charge in [0.15, 0.2) is 0 Å². The van der Waals surface area contributed by atoms with Crippen LogP contribution in [-0.4, -0.2) is 19.9 Å². The van der Waals surface area contributed by atoms with Gasteiger partial charge in [0.05, 0.1) is 4.90 Å². The molecule has 0 aliphatic carbocycles. The van der Waals surface area contributed by atoms with Crippen LogP contribution in [0.3, 0.4) is 0 Å². The number of halogens is 1. The van der Waals surface area contributed by atoms with Crippen molar-refractivity contribution in [3.05, 3.63) is 46.6 Å². The molecule has 7 heteroatoms. The van der Waals surface area contributed by atoms with E-state index in [2.05, 4.69) is 31.0 Å². The molecule has 1 aromatic carbocycles. The van der Waals surface area contributed by atoms with Gasteiger partial charge < -0.3 is 5.32 Å². The molecule has 2 N–H and O–H groups in total. The molecular weight excluding hydrogens is 354 g/mol. The van der Waals surface area contributed by atoms with E-state index in [-0.39, 0.29) is 4.90 Å². The number of aromatic nitrogens is 1. The van der Waals surface area contributed by atoms with Gasteiger partial charge in [0.2, 0.25) is 0 Å². The Morgan fingerprint density at radius 1 is 1.24 bits per heavy atom. The fourth-order valence-corrected chi connectivity index (χ4v) is 3.54. The van der Waals surface area contributed by atoms with Gasteiger partial charge in [-0.2, -0.15) is 0 Å². The van der Waals surface area contributed by atoms with Gasteiger partial charge in [-0.05, 0) is 64.7 Å². The fraction of sp³-hybridized carbons (Fsp3) is 0.214. The number of benzene rings is 1. The maximum atomic E-state index is 12.4. The molecule has 1 aliphatic heterocycles. The van der Waals surface area contributed by atoms with E-state index in [9.17, 15) is 8.42 Å². The molecule has 0 saturated heterocycles. The zero-order chi connectivity index (χ0) is 14.9. The summed E-state index contributed by atoms with van der Waals surface area (Å²) in [6, 6.07) is 8.50. The Balaban J connectivity index is 1.89. The van der Waals surface area contributed by atoms with Crippen LogP contribution < -0.4 is 10.0 Å². The van der Waals surface area contributed by atoms with Gasteiger partial charge in [0, 0.05) is 22.9 Å². The van der Waals surface area contributed by atoms with Crippen molar-refractivity contribution in [2.75, 3.05) is 16.6 Å². The summed E-state index contributed by atoms with van der Waals surface area (Å²) < 4.78 is 28.1. The molecule has 2 heterocycles. The first-order valence-electron chi connectivity index (χ1n) is 6.56. The van der Waals surface area contributed by atoms with Crippen LogP contribution in [0, 0.1) is 0 Å². The number of anilines is 2.